The molecule has 4 nitrogen and oxygen atoms in total. The van der Waals surface area contributed by atoms with Gasteiger partial charge in [-0.2, -0.15) is 0 Å². The minimum atomic E-state index is -0.397. The van der Waals surface area contributed by atoms with E-state index in [-0.39, 0.29) is 16.7 Å². The quantitative estimate of drug-likeness (QED) is 0.809. The largest absolute Gasteiger partial charge is 0.494 e. The van der Waals surface area contributed by atoms with Crippen molar-refractivity contribution >= 4 is 24.2 Å². The summed E-state index contributed by atoms with van der Waals surface area (Å²) in [4.78, 5) is 13.0. The van der Waals surface area contributed by atoms with Gasteiger partial charge in [0.25, 0.3) is 5.91 Å². The van der Waals surface area contributed by atoms with Crippen LogP contribution < -0.4 is 10.8 Å². The summed E-state index contributed by atoms with van der Waals surface area (Å²) in [5.41, 5.74) is 4.34. The van der Waals surface area contributed by atoms with Crippen molar-refractivity contribution in [1.29, 1.82) is 0 Å². The molecule has 0 saturated carbocycles. The summed E-state index contributed by atoms with van der Waals surface area (Å²) in [5.74, 6) is -0.0996. The van der Waals surface area contributed by atoms with Crippen molar-refractivity contribution in [3.63, 3.8) is 0 Å². The molecular weight excluding hydrogens is 349 g/mol. The lowest BCUT2D eigenvalue weighted by atomic mass is 9.73. The molecule has 2 aromatic rings. The van der Waals surface area contributed by atoms with Crippen LogP contribution in [0.3, 0.4) is 0 Å². The second kappa shape index (κ2) is 7.73. The molecule has 0 aliphatic carbocycles. The molecule has 0 aromatic heterocycles. The molecule has 0 radical (unpaired) electrons. The maximum Gasteiger partial charge on any atom is 0.494 e. The van der Waals surface area contributed by atoms with Gasteiger partial charge in [0, 0.05) is 29.9 Å². The van der Waals surface area contributed by atoms with Crippen molar-refractivity contribution in [2.45, 2.75) is 47.0 Å². The Morgan fingerprint density at radius 2 is 1.68 bits per heavy atom. The zero-order valence-corrected chi connectivity index (χ0v) is 17.8. The van der Waals surface area contributed by atoms with Gasteiger partial charge in [-0.3, -0.25) is 4.79 Å². The molecular formula is C23H30BNO3. The van der Waals surface area contributed by atoms with Gasteiger partial charge >= 0.3 is 7.12 Å². The van der Waals surface area contributed by atoms with E-state index in [4.69, 9.17) is 9.31 Å². The third-order valence-electron chi connectivity index (χ3n) is 5.11. The maximum atomic E-state index is 13.0. The molecule has 1 aliphatic heterocycles. The number of carbonyl (C=O) groups excluding carboxylic acids is 1. The maximum absolute atomic E-state index is 13.0. The Balaban J connectivity index is 1.84. The van der Waals surface area contributed by atoms with Crippen LogP contribution in [0.1, 0.15) is 56.1 Å². The molecule has 1 aliphatic rings. The molecule has 2 aromatic carbocycles. The molecule has 1 saturated heterocycles. The summed E-state index contributed by atoms with van der Waals surface area (Å²) >= 11 is 0. The first kappa shape index (κ1) is 20.6. The first-order chi connectivity index (χ1) is 13.1. The van der Waals surface area contributed by atoms with Gasteiger partial charge in [-0.15, -0.1) is 0 Å². The summed E-state index contributed by atoms with van der Waals surface area (Å²) in [7, 11) is -0.397. The molecule has 1 heterocycles. The Labute approximate surface area is 168 Å². The van der Waals surface area contributed by atoms with E-state index in [9.17, 15) is 4.79 Å². The standard InChI is InChI=1S/C23H30BNO3/c1-16-19(24-27-14-23(5,6)15-28-24)12-9-13-20(16)25-21(26)17-10-7-8-11-18(17)22(2,3)4/h7-13H,14-15H2,1-6H3,(H,25,26). The summed E-state index contributed by atoms with van der Waals surface area (Å²) < 4.78 is 11.9. The molecule has 148 valence electrons. The highest BCUT2D eigenvalue weighted by Crippen LogP contribution is 2.27. The number of amides is 1. The number of benzene rings is 2. The lowest BCUT2D eigenvalue weighted by molar-refractivity contribution is 0.0342. The van der Waals surface area contributed by atoms with Gasteiger partial charge < -0.3 is 14.6 Å². The van der Waals surface area contributed by atoms with Crippen molar-refractivity contribution in [3.05, 3.63) is 59.2 Å². The van der Waals surface area contributed by atoms with E-state index in [0.717, 1.165) is 22.3 Å². The number of nitrogens with one attached hydrogen (secondary N) is 1. The van der Waals surface area contributed by atoms with Gasteiger partial charge in [0.15, 0.2) is 0 Å². The van der Waals surface area contributed by atoms with Crippen molar-refractivity contribution in [2.75, 3.05) is 18.5 Å². The molecule has 1 fully saturated rings. The molecule has 3 rings (SSSR count). The third kappa shape index (κ3) is 4.48. The minimum Gasteiger partial charge on any atom is -0.407 e. The van der Waals surface area contributed by atoms with E-state index >= 15 is 0 Å². The first-order valence-electron chi connectivity index (χ1n) is 9.82. The second-order valence-electron chi connectivity index (χ2n) is 9.39. The molecule has 0 spiro atoms. The van der Waals surface area contributed by atoms with Crippen molar-refractivity contribution in [2.24, 2.45) is 5.41 Å². The molecule has 0 unspecified atom stereocenters. The number of carbonyl (C=O) groups is 1. The molecule has 28 heavy (non-hydrogen) atoms. The van der Waals surface area contributed by atoms with E-state index < -0.39 is 7.12 Å². The predicted octanol–water partition coefficient (Wildman–Crippen LogP) is 4.31. The summed E-state index contributed by atoms with van der Waals surface area (Å²) in [5, 5.41) is 3.08. The highest BCUT2D eigenvalue weighted by Gasteiger charge is 2.34. The molecule has 0 atom stereocenters. The topological polar surface area (TPSA) is 47.6 Å². The fourth-order valence-electron chi connectivity index (χ4n) is 3.44. The zero-order valence-electron chi connectivity index (χ0n) is 17.8. The normalized spacial score (nSPS) is 16.7. The van der Waals surface area contributed by atoms with Crippen molar-refractivity contribution in [3.8, 4) is 0 Å². The Bertz CT molecular complexity index is 860. The monoisotopic (exact) mass is 379 g/mol. The number of hydrogen-bond donors (Lipinski definition) is 1. The van der Waals surface area contributed by atoms with Gasteiger partial charge in [-0.25, -0.2) is 0 Å². The van der Waals surface area contributed by atoms with E-state index in [1.54, 1.807) is 0 Å². The van der Waals surface area contributed by atoms with E-state index in [1.807, 2.05) is 49.4 Å². The average molecular weight is 379 g/mol. The highest BCUT2D eigenvalue weighted by molar-refractivity contribution is 6.62. The van der Waals surface area contributed by atoms with Crippen LogP contribution in [0.5, 0.6) is 0 Å². The van der Waals surface area contributed by atoms with Crippen LogP contribution in [-0.2, 0) is 14.7 Å². The minimum absolute atomic E-state index is 0.0207. The van der Waals surface area contributed by atoms with E-state index in [1.165, 1.54) is 0 Å². The molecule has 5 heteroatoms. The van der Waals surface area contributed by atoms with Crippen LogP contribution >= 0.6 is 0 Å². The predicted molar refractivity (Wildman–Crippen MR) is 115 cm³/mol. The van der Waals surface area contributed by atoms with Gasteiger partial charge in [0.2, 0.25) is 0 Å². The van der Waals surface area contributed by atoms with Gasteiger partial charge in [0.05, 0.1) is 0 Å². The zero-order chi connectivity index (χ0) is 20.5. The van der Waals surface area contributed by atoms with Crippen molar-refractivity contribution in [1.82, 2.24) is 0 Å². The SMILES string of the molecule is Cc1c(NC(=O)c2ccccc2C(C)(C)C)cccc1B1OCC(C)(C)CO1. The lowest BCUT2D eigenvalue weighted by Gasteiger charge is -2.33. The second-order valence-corrected chi connectivity index (χ2v) is 9.39. The Morgan fingerprint density at radius 3 is 2.32 bits per heavy atom. The third-order valence-corrected chi connectivity index (χ3v) is 5.11. The Kier molecular flexibility index (Phi) is 5.69. The van der Waals surface area contributed by atoms with Gasteiger partial charge in [-0.05, 0) is 41.1 Å². The fraction of sp³-hybridized carbons (Fsp3) is 0.435. The average Bonchev–Trinajstić information content (AvgIpc) is 2.63. The van der Waals surface area contributed by atoms with Crippen LogP contribution in [0, 0.1) is 12.3 Å². The summed E-state index contributed by atoms with van der Waals surface area (Å²) in [6.45, 7) is 13.9. The number of rotatable bonds is 3. The molecule has 0 bridgehead atoms. The van der Waals surface area contributed by atoms with E-state index in [0.29, 0.717) is 18.8 Å². The first-order valence-corrected chi connectivity index (χ1v) is 9.82. The summed E-state index contributed by atoms with van der Waals surface area (Å²) in [6, 6.07) is 13.6. The van der Waals surface area contributed by atoms with Gasteiger partial charge in [-0.1, -0.05) is 65.0 Å². The van der Waals surface area contributed by atoms with Crippen LogP contribution in [-0.4, -0.2) is 26.2 Å². The fourth-order valence-corrected chi connectivity index (χ4v) is 3.44. The van der Waals surface area contributed by atoms with Crippen LogP contribution in [0.2, 0.25) is 0 Å². The van der Waals surface area contributed by atoms with E-state index in [2.05, 4.69) is 39.9 Å². The number of anilines is 1. The smallest absolute Gasteiger partial charge is 0.407 e. The molecule has 1 amide bonds. The van der Waals surface area contributed by atoms with Crippen molar-refractivity contribution < 1.29 is 14.1 Å². The lowest BCUT2D eigenvalue weighted by Crippen LogP contribution is -2.48. The van der Waals surface area contributed by atoms with Crippen LogP contribution in [0.25, 0.3) is 0 Å². The number of hydrogen-bond acceptors (Lipinski definition) is 3. The molecule has 1 N–H and O–H groups in total. The van der Waals surface area contributed by atoms with Crippen LogP contribution in [0.15, 0.2) is 42.5 Å². The van der Waals surface area contributed by atoms with Gasteiger partial charge in [0.1, 0.15) is 0 Å². The summed E-state index contributed by atoms with van der Waals surface area (Å²) in [6.07, 6.45) is 0. The Morgan fingerprint density at radius 1 is 1.04 bits per heavy atom. The highest BCUT2D eigenvalue weighted by atomic mass is 16.6. The Hall–Kier alpha value is -2.11. The van der Waals surface area contributed by atoms with Crippen LogP contribution in [0.4, 0.5) is 5.69 Å².